The molecule has 2 unspecified atom stereocenters. The summed E-state index contributed by atoms with van der Waals surface area (Å²) in [4.78, 5) is 32.4. The zero-order valence-corrected chi connectivity index (χ0v) is 30.3. The van der Waals surface area contributed by atoms with Crippen LogP contribution in [0.3, 0.4) is 0 Å². The summed E-state index contributed by atoms with van der Waals surface area (Å²) >= 11 is 1.73. The van der Waals surface area contributed by atoms with Crippen LogP contribution in [0.4, 0.5) is 37.3 Å². The van der Waals surface area contributed by atoms with Crippen LogP contribution in [0.1, 0.15) is 50.4 Å². The van der Waals surface area contributed by atoms with Gasteiger partial charge in [-0.05, 0) is 109 Å². The molecule has 5 heterocycles. The van der Waals surface area contributed by atoms with Crippen LogP contribution in [0.2, 0.25) is 0 Å². The Bertz CT molecular complexity index is 2020. The van der Waals surface area contributed by atoms with Gasteiger partial charge >= 0.3 is 0 Å². The molecule has 9 rings (SSSR count). The van der Waals surface area contributed by atoms with Crippen molar-refractivity contribution in [2.45, 2.75) is 25.7 Å². The summed E-state index contributed by atoms with van der Waals surface area (Å²) in [5.41, 5.74) is 7.48. The molecule has 268 valence electrons. The van der Waals surface area contributed by atoms with Gasteiger partial charge in [0.05, 0.1) is 16.9 Å². The first-order chi connectivity index (χ1) is 25.3. The zero-order valence-electron chi connectivity index (χ0n) is 29.4. The van der Waals surface area contributed by atoms with E-state index in [1.807, 2.05) is 56.6 Å². The van der Waals surface area contributed by atoms with E-state index in [2.05, 4.69) is 38.1 Å². The fourth-order valence-corrected chi connectivity index (χ4v) is 8.11. The second-order valence-electron chi connectivity index (χ2n) is 13.2. The predicted molar refractivity (Wildman–Crippen MR) is 211 cm³/mol. The van der Waals surface area contributed by atoms with Crippen LogP contribution in [-0.4, -0.2) is 51.3 Å². The number of rotatable bonds is 5. The van der Waals surface area contributed by atoms with Crippen LogP contribution in [0.5, 0.6) is 0 Å². The maximum absolute atomic E-state index is 13.4. The van der Waals surface area contributed by atoms with Crippen LogP contribution in [0.15, 0.2) is 91.6 Å². The average Bonchev–Trinajstić information content (AvgIpc) is 3.48. The van der Waals surface area contributed by atoms with Crippen molar-refractivity contribution in [3.05, 3.63) is 125 Å². The summed E-state index contributed by atoms with van der Waals surface area (Å²) in [6.07, 6.45) is 10.5. The van der Waals surface area contributed by atoms with Gasteiger partial charge in [0.2, 0.25) is 0 Å². The number of pyridine rings is 1. The molecule has 0 amide bonds. The average molecular weight is 720 g/mol. The number of aromatic nitrogens is 1. The molecule has 0 spiro atoms. The van der Waals surface area contributed by atoms with Crippen LogP contribution >= 0.6 is 11.3 Å². The molecule has 7 nitrogen and oxygen atoms in total. The van der Waals surface area contributed by atoms with Crippen LogP contribution in [-0.2, 0) is 6.42 Å². The summed E-state index contributed by atoms with van der Waals surface area (Å²) in [6.45, 7) is 6.91. The Morgan fingerprint density at radius 2 is 1.73 bits per heavy atom. The van der Waals surface area contributed by atoms with E-state index in [1.54, 1.807) is 41.8 Å². The number of nitrogens with one attached hydrogen (secondary N) is 2. The summed E-state index contributed by atoms with van der Waals surface area (Å²) in [7, 11) is 3.86. The van der Waals surface area contributed by atoms with E-state index in [0.717, 1.165) is 84.5 Å². The Labute approximate surface area is 308 Å². The Morgan fingerprint density at radius 1 is 0.962 bits per heavy atom. The highest BCUT2D eigenvalue weighted by Crippen LogP contribution is 2.42. The van der Waals surface area contributed by atoms with Gasteiger partial charge < -0.3 is 20.4 Å². The number of hydrogen-bond acceptors (Lipinski definition) is 8. The summed E-state index contributed by atoms with van der Waals surface area (Å²) in [5.74, 6) is 2.22. The zero-order chi connectivity index (χ0) is 36.6. The molecule has 3 aromatic carbocycles. The van der Waals surface area contributed by atoms with E-state index >= 15 is 0 Å². The van der Waals surface area contributed by atoms with Crippen molar-refractivity contribution < 1.29 is 18.4 Å². The number of aldehydes is 2. The SMILES string of the molecule is C=Cc1cc2c(s1)-c1ccc(F)cc1N(C)CC2.CNc1ccc(C=O)cc1.Fc1cccc2c1N2.O=Cc1cccnc1N1CC2CCCC2C1. The monoisotopic (exact) mass is 719 g/mol. The highest BCUT2D eigenvalue weighted by Gasteiger charge is 2.37. The predicted octanol–water partition coefficient (Wildman–Crippen LogP) is 9.74. The van der Waals surface area contributed by atoms with Crippen LogP contribution < -0.4 is 20.4 Å². The number of thiophene rings is 1. The Kier molecular flexibility index (Phi) is 11.8. The topological polar surface area (TPSA) is 87.5 Å². The number of hydrogen-bond donors (Lipinski definition) is 2. The summed E-state index contributed by atoms with van der Waals surface area (Å²) in [5, 5.41) is 5.75. The molecule has 2 aromatic heterocycles. The number of carbonyl (C=O) groups excluding carboxylic acids is 2. The molecule has 10 heteroatoms. The van der Waals surface area contributed by atoms with E-state index in [1.165, 1.54) is 46.7 Å². The third kappa shape index (κ3) is 8.57. The Balaban J connectivity index is 0.000000125. The van der Waals surface area contributed by atoms with E-state index in [-0.39, 0.29) is 11.6 Å². The van der Waals surface area contributed by atoms with Crippen molar-refractivity contribution >= 4 is 58.6 Å². The lowest BCUT2D eigenvalue weighted by molar-refractivity contribution is 0.111. The molecular formula is C42H43F2N5O2S. The normalized spacial score (nSPS) is 17.0. The fourth-order valence-electron chi connectivity index (χ4n) is 7.02. The highest BCUT2D eigenvalue weighted by molar-refractivity contribution is 7.16. The van der Waals surface area contributed by atoms with Gasteiger partial charge in [-0.2, -0.15) is 0 Å². The summed E-state index contributed by atoms with van der Waals surface area (Å²) < 4.78 is 25.7. The van der Waals surface area contributed by atoms with E-state index in [0.29, 0.717) is 11.3 Å². The first-order valence-corrected chi connectivity index (χ1v) is 18.3. The molecule has 4 aliphatic rings. The van der Waals surface area contributed by atoms with Crippen molar-refractivity contribution in [3.63, 3.8) is 0 Å². The number of anilines is 5. The second kappa shape index (κ2) is 16.8. The maximum Gasteiger partial charge on any atom is 0.153 e. The van der Waals surface area contributed by atoms with Crippen LogP contribution in [0.25, 0.3) is 16.5 Å². The van der Waals surface area contributed by atoms with Crippen molar-refractivity contribution in [1.29, 1.82) is 0 Å². The first-order valence-electron chi connectivity index (χ1n) is 17.5. The van der Waals surface area contributed by atoms with Gasteiger partial charge in [-0.1, -0.05) is 25.1 Å². The molecule has 5 aromatic rings. The molecule has 0 bridgehead atoms. The first kappa shape index (κ1) is 36.4. The van der Waals surface area contributed by atoms with Crippen molar-refractivity contribution in [2.24, 2.45) is 11.8 Å². The van der Waals surface area contributed by atoms with Crippen molar-refractivity contribution in [1.82, 2.24) is 4.98 Å². The van der Waals surface area contributed by atoms with Gasteiger partial charge in [0, 0.05) is 72.2 Å². The second-order valence-corrected chi connectivity index (χ2v) is 14.3. The molecule has 3 aliphatic heterocycles. The lowest BCUT2D eigenvalue weighted by atomic mass is 10.0. The quantitative estimate of drug-likeness (QED) is 0.136. The number of nitrogens with zero attached hydrogens (tertiary/aromatic N) is 3. The van der Waals surface area contributed by atoms with Gasteiger partial charge in [0.1, 0.15) is 23.7 Å². The lowest BCUT2D eigenvalue weighted by Gasteiger charge is -2.19. The Morgan fingerprint density at radius 3 is 2.38 bits per heavy atom. The number of halogens is 2. The number of fused-ring (bicyclic) bond motifs is 5. The van der Waals surface area contributed by atoms with E-state index < -0.39 is 0 Å². The van der Waals surface area contributed by atoms with Gasteiger partial charge in [-0.3, -0.25) is 9.59 Å². The minimum absolute atomic E-state index is 0.150. The molecule has 1 aliphatic carbocycles. The van der Waals surface area contributed by atoms with Gasteiger partial charge in [-0.25, -0.2) is 13.8 Å². The molecular weight excluding hydrogens is 677 g/mol. The molecule has 2 fully saturated rings. The van der Waals surface area contributed by atoms with Crippen molar-refractivity contribution in [2.75, 3.05) is 54.2 Å². The number of carbonyl (C=O) groups is 2. The van der Waals surface area contributed by atoms with Gasteiger partial charge in [-0.15, -0.1) is 11.3 Å². The smallest absolute Gasteiger partial charge is 0.153 e. The highest BCUT2D eigenvalue weighted by atomic mass is 32.1. The van der Waals surface area contributed by atoms with Gasteiger partial charge in [0.15, 0.2) is 6.29 Å². The number of para-hydroxylation sites is 1. The van der Waals surface area contributed by atoms with E-state index in [4.69, 9.17) is 0 Å². The summed E-state index contributed by atoms with van der Waals surface area (Å²) in [6, 6.07) is 23.2. The molecule has 2 N–H and O–H groups in total. The molecule has 2 atom stereocenters. The third-order valence-corrected chi connectivity index (χ3v) is 11.1. The molecule has 52 heavy (non-hydrogen) atoms. The van der Waals surface area contributed by atoms with E-state index in [9.17, 15) is 18.4 Å². The maximum atomic E-state index is 13.4. The number of likely N-dealkylation sites (N-methyl/N-ethyl adjacent to an activating group) is 1. The standard InChI is InChI=1S/C15H14FNS.C13H16N2O.C8H9NO.C6H4FN/c1-3-12-8-10-6-7-17(2)14-9-11(16)4-5-13(14)15(10)18-12;16-9-12-5-2-6-14-13(12)15-7-10-3-1-4-11(10)8-15;1-9-8-4-2-7(6-10)3-5-8;7-4-2-1-3-5-6(4)8-5/h3-5,8-9H,1,6-7H2,2H3;2,5-6,9-11H,1,3-4,7-8H2;2-6,9H,1H3;1-3,8H. The fraction of sp³-hybridized carbons (Fsp3) is 0.262. The third-order valence-electron chi connectivity index (χ3n) is 9.88. The minimum Gasteiger partial charge on any atom is -0.388 e. The van der Waals surface area contributed by atoms with Crippen molar-refractivity contribution in [3.8, 4) is 10.4 Å². The Hall–Kier alpha value is -5.35. The molecule has 0 radical (unpaired) electrons. The largest absolute Gasteiger partial charge is 0.388 e. The minimum atomic E-state index is -0.176. The lowest BCUT2D eigenvalue weighted by Crippen LogP contribution is -2.23. The molecule has 1 saturated heterocycles. The van der Waals surface area contributed by atoms with Crippen LogP contribution in [0, 0.1) is 23.5 Å². The molecule has 1 saturated carbocycles. The number of benzene rings is 3. The van der Waals surface area contributed by atoms with Gasteiger partial charge in [0.25, 0.3) is 0 Å².